The minimum atomic E-state index is -0.281. The normalized spacial score (nSPS) is 11.1. The molecule has 2 heteroatoms. The van der Waals surface area contributed by atoms with Crippen molar-refractivity contribution in [1.82, 2.24) is 4.98 Å². The molecule has 0 radical (unpaired) electrons. The summed E-state index contributed by atoms with van der Waals surface area (Å²) in [6.07, 6.45) is 2.75. The van der Waals surface area contributed by atoms with Gasteiger partial charge in [0.1, 0.15) is 5.82 Å². The molecule has 0 bridgehead atoms. The summed E-state index contributed by atoms with van der Waals surface area (Å²) in [5.41, 5.74) is 2.21. The van der Waals surface area contributed by atoms with Crippen molar-refractivity contribution in [3.8, 4) is 0 Å². The molecule has 0 saturated carbocycles. The van der Waals surface area contributed by atoms with Crippen LogP contribution in [0.25, 0.3) is 0 Å². The Hall–Kier alpha value is -2.61. The van der Waals surface area contributed by atoms with Crippen LogP contribution in [0.1, 0.15) is 24.5 Å². The van der Waals surface area contributed by atoms with Crippen LogP contribution in [0.3, 0.4) is 0 Å². The largest absolute Gasteiger partial charge is 0.356 e. The summed E-state index contributed by atoms with van der Waals surface area (Å²) in [4.78, 5) is 4.45. The summed E-state index contributed by atoms with van der Waals surface area (Å²) >= 11 is 0. The molecule has 1 N–H and O–H groups in total. The molecule has 22 heavy (non-hydrogen) atoms. The van der Waals surface area contributed by atoms with E-state index in [4.69, 9.17) is 0 Å². The first-order valence-corrected chi connectivity index (χ1v) is 7.65. The lowest BCUT2D eigenvalue weighted by molar-refractivity contribution is 0.564. The number of hydrogen-bond acceptors (Lipinski definition) is 2. The van der Waals surface area contributed by atoms with E-state index in [1.165, 1.54) is 11.1 Å². The van der Waals surface area contributed by atoms with Gasteiger partial charge in [0.25, 0.3) is 0 Å². The maximum absolute atomic E-state index is 4.45. The highest BCUT2D eigenvalue weighted by Gasteiger charge is 2.32. The molecule has 1 aromatic heterocycles. The third kappa shape index (κ3) is 2.73. The number of nitrogens with one attached hydrogen (secondary N) is 1. The van der Waals surface area contributed by atoms with Gasteiger partial charge in [-0.2, -0.15) is 0 Å². The van der Waals surface area contributed by atoms with Crippen LogP contribution in [0.5, 0.6) is 0 Å². The summed E-state index contributed by atoms with van der Waals surface area (Å²) in [6, 6.07) is 27.1. The summed E-state index contributed by atoms with van der Waals surface area (Å²) in [6.45, 7) is 2.20. The molecule has 0 spiro atoms. The minimum absolute atomic E-state index is 0.281. The second-order valence-electron chi connectivity index (χ2n) is 5.33. The van der Waals surface area contributed by atoms with Crippen LogP contribution in [0, 0.1) is 0 Å². The lowest BCUT2D eigenvalue weighted by Gasteiger charge is -2.35. The molecule has 0 unspecified atom stereocenters. The maximum Gasteiger partial charge on any atom is 0.126 e. The molecule has 0 aliphatic rings. The molecule has 3 rings (SSSR count). The summed E-state index contributed by atoms with van der Waals surface area (Å²) in [5.74, 6) is 0.886. The van der Waals surface area contributed by atoms with Crippen molar-refractivity contribution in [3.05, 3.63) is 96.2 Å². The lowest BCUT2D eigenvalue weighted by atomic mass is 9.80. The van der Waals surface area contributed by atoms with E-state index in [9.17, 15) is 0 Å². The number of nitrogens with zero attached hydrogens (tertiary/aromatic N) is 1. The van der Waals surface area contributed by atoms with Crippen LogP contribution >= 0.6 is 0 Å². The van der Waals surface area contributed by atoms with E-state index in [2.05, 4.69) is 77.9 Å². The zero-order valence-corrected chi connectivity index (χ0v) is 12.7. The first kappa shape index (κ1) is 14.3. The first-order chi connectivity index (χ1) is 10.8. The Bertz CT molecular complexity index is 654. The van der Waals surface area contributed by atoms with E-state index < -0.39 is 0 Å². The molecular formula is C20H20N2. The minimum Gasteiger partial charge on any atom is -0.356 e. The van der Waals surface area contributed by atoms with Gasteiger partial charge >= 0.3 is 0 Å². The average Bonchev–Trinajstić information content (AvgIpc) is 2.62. The third-order valence-corrected chi connectivity index (χ3v) is 4.07. The van der Waals surface area contributed by atoms with Crippen molar-refractivity contribution in [2.75, 3.05) is 5.32 Å². The molecule has 2 nitrogen and oxygen atoms in total. The zero-order valence-electron chi connectivity index (χ0n) is 12.7. The lowest BCUT2D eigenvalue weighted by Crippen LogP contribution is -2.36. The number of hydrogen-bond donors (Lipinski definition) is 1. The maximum atomic E-state index is 4.45. The number of anilines is 1. The fourth-order valence-corrected chi connectivity index (χ4v) is 2.91. The van der Waals surface area contributed by atoms with Crippen LogP contribution in [0.4, 0.5) is 5.82 Å². The molecule has 0 amide bonds. The van der Waals surface area contributed by atoms with Gasteiger partial charge in [-0.3, -0.25) is 0 Å². The van der Waals surface area contributed by atoms with Gasteiger partial charge in [0, 0.05) is 6.20 Å². The Labute approximate surface area is 131 Å². The van der Waals surface area contributed by atoms with Crippen molar-refractivity contribution in [2.24, 2.45) is 0 Å². The topological polar surface area (TPSA) is 24.9 Å². The Morgan fingerprint density at radius 3 is 1.77 bits per heavy atom. The highest BCUT2D eigenvalue weighted by molar-refractivity contribution is 5.49. The van der Waals surface area contributed by atoms with Gasteiger partial charge in [0.2, 0.25) is 0 Å². The van der Waals surface area contributed by atoms with Gasteiger partial charge in [-0.05, 0) is 29.7 Å². The Morgan fingerprint density at radius 2 is 1.32 bits per heavy atom. The smallest absolute Gasteiger partial charge is 0.126 e. The molecule has 0 atom stereocenters. The fourth-order valence-electron chi connectivity index (χ4n) is 2.91. The average molecular weight is 288 g/mol. The molecule has 0 aliphatic heterocycles. The number of benzene rings is 2. The van der Waals surface area contributed by atoms with Gasteiger partial charge in [-0.1, -0.05) is 73.7 Å². The van der Waals surface area contributed by atoms with Gasteiger partial charge in [-0.25, -0.2) is 4.98 Å². The zero-order chi connectivity index (χ0) is 15.3. The second kappa shape index (κ2) is 6.44. The predicted octanol–water partition coefficient (Wildman–Crippen LogP) is 4.85. The summed E-state index contributed by atoms with van der Waals surface area (Å²) in [5, 5.41) is 3.66. The quantitative estimate of drug-likeness (QED) is 0.726. The Balaban J connectivity index is 2.13. The summed E-state index contributed by atoms with van der Waals surface area (Å²) in [7, 11) is 0. The van der Waals surface area contributed by atoms with E-state index >= 15 is 0 Å². The van der Waals surface area contributed by atoms with Gasteiger partial charge in [0.15, 0.2) is 0 Å². The van der Waals surface area contributed by atoms with Gasteiger partial charge < -0.3 is 5.32 Å². The van der Waals surface area contributed by atoms with Crippen LogP contribution in [-0.2, 0) is 5.54 Å². The first-order valence-electron chi connectivity index (χ1n) is 7.65. The molecule has 3 aromatic rings. The van der Waals surface area contributed by atoms with E-state index in [1.807, 2.05) is 24.4 Å². The van der Waals surface area contributed by atoms with Crippen LogP contribution in [0.2, 0.25) is 0 Å². The van der Waals surface area contributed by atoms with Crippen molar-refractivity contribution in [2.45, 2.75) is 18.9 Å². The molecule has 110 valence electrons. The van der Waals surface area contributed by atoms with E-state index in [-0.39, 0.29) is 5.54 Å². The van der Waals surface area contributed by atoms with Crippen molar-refractivity contribution >= 4 is 5.82 Å². The standard InChI is InChI=1S/C20H20N2/c1-2-20(17-11-5-3-6-12-17,18-13-7-4-8-14-18)22-19-15-9-10-16-21-19/h3-16H,2H2,1H3,(H,21,22). The molecule has 0 saturated heterocycles. The second-order valence-corrected chi connectivity index (χ2v) is 5.33. The molecule has 2 aromatic carbocycles. The fraction of sp³-hybridized carbons (Fsp3) is 0.150. The number of pyridine rings is 1. The van der Waals surface area contributed by atoms with Gasteiger partial charge in [0.05, 0.1) is 5.54 Å². The molecule has 0 aliphatic carbocycles. The Kier molecular flexibility index (Phi) is 4.19. The van der Waals surface area contributed by atoms with Crippen molar-refractivity contribution in [1.29, 1.82) is 0 Å². The molecular weight excluding hydrogens is 268 g/mol. The van der Waals surface area contributed by atoms with Crippen LogP contribution in [-0.4, -0.2) is 4.98 Å². The highest BCUT2D eigenvalue weighted by Crippen LogP contribution is 2.36. The molecule has 1 heterocycles. The summed E-state index contributed by atoms with van der Waals surface area (Å²) < 4.78 is 0. The monoisotopic (exact) mass is 288 g/mol. The van der Waals surface area contributed by atoms with Crippen molar-refractivity contribution in [3.63, 3.8) is 0 Å². The molecule has 0 fully saturated rings. The SMILES string of the molecule is CCC(Nc1ccccn1)(c1ccccc1)c1ccccc1. The van der Waals surface area contributed by atoms with E-state index in [0.717, 1.165) is 12.2 Å². The van der Waals surface area contributed by atoms with Gasteiger partial charge in [-0.15, -0.1) is 0 Å². The highest BCUT2D eigenvalue weighted by atomic mass is 15.1. The number of aromatic nitrogens is 1. The van der Waals surface area contributed by atoms with E-state index in [0.29, 0.717) is 0 Å². The third-order valence-electron chi connectivity index (χ3n) is 4.07. The van der Waals surface area contributed by atoms with Crippen LogP contribution < -0.4 is 5.32 Å². The van der Waals surface area contributed by atoms with E-state index in [1.54, 1.807) is 0 Å². The van der Waals surface area contributed by atoms with Crippen LogP contribution in [0.15, 0.2) is 85.1 Å². The Morgan fingerprint density at radius 1 is 0.773 bits per heavy atom. The number of rotatable bonds is 5. The van der Waals surface area contributed by atoms with Crippen molar-refractivity contribution < 1.29 is 0 Å². The predicted molar refractivity (Wildman–Crippen MR) is 91.8 cm³/mol.